The maximum Gasteiger partial charge on any atom is 0.244 e. The Morgan fingerprint density at radius 2 is 1.88 bits per heavy atom. The van der Waals surface area contributed by atoms with Crippen LogP contribution in [0.3, 0.4) is 0 Å². The largest absolute Gasteiger partial charge is 0.366 e. The number of aryl methyl sites for hydroxylation is 1. The number of ketones is 1. The molecule has 4 fully saturated rings. The molecule has 7 nitrogen and oxygen atoms in total. The number of hydrogen-bond acceptors (Lipinski definition) is 6. The van der Waals surface area contributed by atoms with E-state index in [4.69, 9.17) is 14.2 Å². The van der Waals surface area contributed by atoms with Gasteiger partial charge in [-0.25, -0.2) is 0 Å². The summed E-state index contributed by atoms with van der Waals surface area (Å²) < 4.78 is 16.7. The van der Waals surface area contributed by atoms with Crippen LogP contribution in [-0.2, 0) is 23.8 Å². The molecular formula is C19H19NO6. The standard InChI is InChI=1S/C19H19NO6/c1-9-2-4-10(5-3-9)6-7-12(21)20-11-8-19(26-18(11)23)16-14(24-16)13(22)15-17(19)25-15/h2-7,11,14-18,23H,8H2,1H3,(H,20,21)/b7-6+/t11-,14-,15+,16-,17+,18+,19?/m1/s1. The van der Waals surface area contributed by atoms with E-state index in [9.17, 15) is 14.7 Å². The molecule has 1 saturated carbocycles. The van der Waals surface area contributed by atoms with Crippen LogP contribution in [-0.4, -0.2) is 59.1 Å². The van der Waals surface area contributed by atoms with Crippen molar-refractivity contribution in [2.75, 3.05) is 0 Å². The second-order valence-corrected chi connectivity index (χ2v) is 7.38. The molecule has 1 aromatic carbocycles. The Labute approximate surface area is 149 Å². The lowest BCUT2D eigenvalue weighted by Gasteiger charge is -2.26. The Bertz CT molecular complexity index is 783. The minimum Gasteiger partial charge on any atom is -0.366 e. The van der Waals surface area contributed by atoms with Crippen molar-refractivity contribution < 1.29 is 28.9 Å². The van der Waals surface area contributed by atoms with Crippen LogP contribution in [0.1, 0.15) is 17.5 Å². The summed E-state index contributed by atoms with van der Waals surface area (Å²) in [6.07, 6.45) is 0.565. The fourth-order valence-corrected chi connectivity index (χ4v) is 4.09. The van der Waals surface area contributed by atoms with Gasteiger partial charge in [-0.05, 0) is 18.6 Å². The molecule has 3 saturated heterocycles. The lowest BCUT2D eigenvalue weighted by molar-refractivity contribution is -0.159. The van der Waals surface area contributed by atoms with Gasteiger partial charge in [0.2, 0.25) is 5.91 Å². The van der Waals surface area contributed by atoms with Gasteiger partial charge in [-0.2, -0.15) is 0 Å². The van der Waals surface area contributed by atoms with Gasteiger partial charge >= 0.3 is 0 Å². The Morgan fingerprint density at radius 3 is 2.54 bits per heavy atom. The first-order valence-electron chi connectivity index (χ1n) is 8.74. The number of amides is 1. The number of epoxide rings is 2. The van der Waals surface area contributed by atoms with Gasteiger partial charge in [-0.15, -0.1) is 0 Å². The summed E-state index contributed by atoms with van der Waals surface area (Å²) in [5.74, 6) is -0.360. The van der Waals surface area contributed by atoms with Crippen molar-refractivity contribution in [3.63, 3.8) is 0 Å². The van der Waals surface area contributed by atoms with E-state index >= 15 is 0 Å². The Kier molecular flexibility index (Phi) is 3.39. The number of benzene rings is 1. The predicted octanol–water partition coefficient (Wildman–Crippen LogP) is 0.0880. The molecule has 136 valence electrons. The van der Waals surface area contributed by atoms with E-state index in [1.807, 2.05) is 31.2 Å². The Hall–Kier alpha value is -2.06. The summed E-state index contributed by atoms with van der Waals surface area (Å²) in [5, 5.41) is 13.0. The van der Waals surface area contributed by atoms with Gasteiger partial charge in [0.25, 0.3) is 0 Å². The number of carbonyl (C=O) groups is 2. The second kappa shape index (κ2) is 5.47. The first kappa shape index (κ1) is 16.1. The number of aliphatic hydroxyl groups excluding tert-OH is 1. The third-order valence-electron chi connectivity index (χ3n) is 5.56. The van der Waals surface area contributed by atoms with Crippen molar-refractivity contribution in [3.8, 4) is 0 Å². The van der Waals surface area contributed by atoms with Crippen LogP contribution in [0.4, 0.5) is 0 Å². The minimum absolute atomic E-state index is 0.0442. The summed E-state index contributed by atoms with van der Waals surface area (Å²) in [6, 6.07) is 7.22. The molecule has 1 unspecified atom stereocenters. The topological polar surface area (TPSA) is 101 Å². The highest BCUT2D eigenvalue weighted by molar-refractivity contribution is 5.95. The molecule has 1 amide bonds. The molecule has 1 aliphatic carbocycles. The van der Waals surface area contributed by atoms with E-state index in [1.54, 1.807) is 6.08 Å². The molecule has 7 atom stereocenters. The number of nitrogens with one attached hydrogen (secondary N) is 1. The van der Waals surface area contributed by atoms with Gasteiger partial charge in [0.15, 0.2) is 12.1 Å². The van der Waals surface area contributed by atoms with Gasteiger partial charge in [0, 0.05) is 12.5 Å². The molecule has 4 aliphatic rings. The average molecular weight is 357 g/mol. The number of Topliss-reactive ketones (excluding diaryl/α,β-unsaturated/α-hetero) is 1. The average Bonchev–Trinajstić information content (AvgIpc) is 3.51. The van der Waals surface area contributed by atoms with Crippen LogP contribution >= 0.6 is 0 Å². The van der Waals surface area contributed by atoms with Gasteiger partial charge in [0.05, 0.1) is 6.04 Å². The number of rotatable bonds is 3. The highest BCUT2D eigenvalue weighted by atomic mass is 16.7. The molecule has 5 rings (SSSR count). The number of aliphatic hydroxyl groups is 1. The van der Waals surface area contributed by atoms with E-state index in [1.165, 1.54) is 6.08 Å². The van der Waals surface area contributed by atoms with Crippen molar-refractivity contribution >= 4 is 17.8 Å². The van der Waals surface area contributed by atoms with Gasteiger partial charge in [-0.1, -0.05) is 29.8 Å². The molecule has 3 aliphatic heterocycles. The summed E-state index contributed by atoms with van der Waals surface area (Å²) in [5.41, 5.74) is 1.22. The number of carbonyl (C=O) groups excluding carboxylic acids is 2. The van der Waals surface area contributed by atoms with Gasteiger partial charge < -0.3 is 24.6 Å². The second-order valence-electron chi connectivity index (χ2n) is 7.38. The van der Waals surface area contributed by atoms with E-state index in [-0.39, 0.29) is 11.7 Å². The summed E-state index contributed by atoms with van der Waals surface area (Å²) in [7, 11) is 0. The van der Waals surface area contributed by atoms with E-state index in [0.29, 0.717) is 6.42 Å². The fraction of sp³-hybridized carbons (Fsp3) is 0.474. The zero-order chi connectivity index (χ0) is 18.1. The first-order chi connectivity index (χ1) is 12.5. The van der Waals surface area contributed by atoms with Crippen molar-refractivity contribution in [3.05, 3.63) is 41.5 Å². The quantitative estimate of drug-likeness (QED) is 0.587. The molecule has 3 heterocycles. The zero-order valence-corrected chi connectivity index (χ0v) is 14.1. The Balaban J connectivity index is 1.25. The third-order valence-corrected chi connectivity index (χ3v) is 5.56. The molecule has 0 bridgehead atoms. The first-order valence-corrected chi connectivity index (χ1v) is 8.74. The van der Waals surface area contributed by atoms with Crippen LogP contribution < -0.4 is 5.32 Å². The molecule has 0 radical (unpaired) electrons. The maximum absolute atomic E-state index is 12.2. The molecule has 7 heteroatoms. The van der Waals surface area contributed by atoms with Crippen molar-refractivity contribution in [1.82, 2.24) is 5.32 Å². The van der Waals surface area contributed by atoms with E-state index in [2.05, 4.69) is 5.32 Å². The fourth-order valence-electron chi connectivity index (χ4n) is 4.09. The number of fused-ring (bicyclic) bond motifs is 4. The summed E-state index contributed by atoms with van der Waals surface area (Å²) in [4.78, 5) is 24.1. The normalized spacial score (nSPS) is 42.6. The molecule has 1 spiro atoms. The zero-order valence-electron chi connectivity index (χ0n) is 14.1. The van der Waals surface area contributed by atoms with Crippen LogP contribution in [0.25, 0.3) is 6.08 Å². The molecule has 1 aromatic rings. The molecule has 26 heavy (non-hydrogen) atoms. The van der Waals surface area contributed by atoms with Gasteiger partial charge in [0.1, 0.15) is 30.0 Å². The van der Waals surface area contributed by atoms with Crippen LogP contribution in [0.5, 0.6) is 0 Å². The van der Waals surface area contributed by atoms with E-state index in [0.717, 1.165) is 11.1 Å². The smallest absolute Gasteiger partial charge is 0.244 e. The SMILES string of the molecule is Cc1ccc(/C=C/C(=O)N[C@@H]2CC3(O[C@@H]2O)[C@@H]2O[C@@H]2C(=O)[C@@H]2O[C@@H]23)cc1. The Morgan fingerprint density at radius 1 is 1.23 bits per heavy atom. The highest BCUT2D eigenvalue weighted by Crippen LogP contribution is 2.57. The van der Waals surface area contributed by atoms with Gasteiger partial charge in [-0.3, -0.25) is 9.59 Å². The highest BCUT2D eigenvalue weighted by Gasteiger charge is 2.79. The summed E-state index contributed by atoms with van der Waals surface area (Å²) in [6.45, 7) is 2.00. The molecule has 2 N–H and O–H groups in total. The summed E-state index contributed by atoms with van der Waals surface area (Å²) >= 11 is 0. The maximum atomic E-state index is 12.2. The lowest BCUT2D eigenvalue weighted by atomic mass is 9.81. The third kappa shape index (κ3) is 2.43. The molecule has 0 aromatic heterocycles. The lowest BCUT2D eigenvalue weighted by Crippen LogP contribution is -2.49. The number of ether oxygens (including phenoxy) is 3. The molecular weight excluding hydrogens is 338 g/mol. The minimum atomic E-state index is -1.16. The van der Waals surface area contributed by atoms with E-state index < -0.39 is 42.3 Å². The van der Waals surface area contributed by atoms with Crippen molar-refractivity contribution in [2.45, 2.75) is 55.7 Å². The predicted molar refractivity (Wildman–Crippen MR) is 88.9 cm³/mol. The van der Waals surface area contributed by atoms with Crippen LogP contribution in [0, 0.1) is 6.92 Å². The van der Waals surface area contributed by atoms with Crippen LogP contribution in [0.2, 0.25) is 0 Å². The van der Waals surface area contributed by atoms with Crippen molar-refractivity contribution in [1.29, 1.82) is 0 Å². The van der Waals surface area contributed by atoms with Crippen LogP contribution in [0.15, 0.2) is 30.3 Å². The number of hydrogen-bond donors (Lipinski definition) is 2. The monoisotopic (exact) mass is 357 g/mol. The van der Waals surface area contributed by atoms with Crippen molar-refractivity contribution in [2.24, 2.45) is 0 Å².